The van der Waals surface area contributed by atoms with Crippen LogP contribution in [0.15, 0.2) is 40.6 Å². The number of nitrogens with zero attached hydrogens (tertiary/aromatic N) is 1. The highest BCUT2D eigenvalue weighted by Crippen LogP contribution is 2.30. The summed E-state index contributed by atoms with van der Waals surface area (Å²) in [5.74, 6) is 0.443. The summed E-state index contributed by atoms with van der Waals surface area (Å²) in [6.07, 6.45) is 4.83. The molecule has 0 bridgehead atoms. The van der Waals surface area contributed by atoms with Gasteiger partial charge in [0.1, 0.15) is 9.77 Å². The zero-order chi connectivity index (χ0) is 19.7. The standard InChI is InChI=1S/C21H26N2O3S2/c1-15-6-8-18(9-7-15)22-21(24)20-19(11-13-27-20)28(25,26)23-12-10-16-4-2-3-5-17(16)14-23/h2-5,11,13,15,18H,6-10,12,14H2,1H3,(H,22,24). The minimum atomic E-state index is -3.70. The van der Waals surface area contributed by atoms with Crippen molar-refractivity contribution in [3.63, 3.8) is 0 Å². The molecule has 1 N–H and O–H groups in total. The summed E-state index contributed by atoms with van der Waals surface area (Å²) in [6.45, 7) is 3.03. The second-order valence-corrected chi connectivity index (χ2v) is 10.7. The molecule has 0 radical (unpaired) electrons. The van der Waals surface area contributed by atoms with Crippen molar-refractivity contribution in [1.29, 1.82) is 0 Å². The molecule has 2 aliphatic rings. The Hall–Kier alpha value is -1.70. The number of thiophene rings is 1. The van der Waals surface area contributed by atoms with Gasteiger partial charge in [-0.2, -0.15) is 4.31 Å². The number of nitrogens with one attached hydrogen (secondary N) is 1. The van der Waals surface area contributed by atoms with Crippen molar-refractivity contribution >= 4 is 27.3 Å². The minimum absolute atomic E-state index is 0.138. The van der Waals surface area contributed by atoms with E-state index < -0.39 is 10.0 Å². The van der Waals surface area contributed by atoms with Crippen molar-refractivity contribution in [2.45, 2.75) is 56.5 Å². The highest BCUT2D eigenvalue weighted by molar-refractivity contribution is 7.89. The van der Waals surface area contributed by atoms with Crippen LogP contribution < -0.4 is 5.32 Å². The Bertz CT molecular complexity index is 960. The number of carbonyl (C=O) groups is 1. The second kappa shape index (κ2) is 7.97. The zero-order valence-electron chi connectivity index (χ0n) is 16.1. The molecule has 2 heterocycles. The van der Waals surface area contributed by atoms with Gasteiger partial charge in [-0.3, -0.25) is 4.79 Å². The molecular formula is C21H26N2O3S2. The summed E-state index contributed by atoms with van der Waals surface area (Å²) >= 11 is 1.21. The molecule has 5 nitrogen and oxygen atoms in total. The Kier molecular flexibility index (Phi) is 5.58. The first-order valence-electron chi connectivity index (χ1n) is 9.90. The minimum Gasteiger partial charge on any atom is -0.349 e. The molecule has 1 aromatic heterocycles. The summed E-state index contributed by atoms with van der Waals surface area (Å²) in [4.78, 5) is 13.3. The molecular weight excluding hydrogens is 392 g/mol. The molecule has 150 valence electrons. The van der Waals surface area contributed by atoms with Crippen molar-refractivity contribution in [2.75, 3.05) is 6.54 Å². The molecule has 1 amide bonds. The molecule has 0 atom stereocenters. The molecule has 1 aliphatic heterocycles. The van der Waals surface area contributed by atoms with Gasteiger partial charge in [0.25, 0.3) is 5.91 Å². The van der Waals surface area contributed by atoms with Crippen LogP contribution >= 0.6 is 11.3 Å². The van der Waals surface area contributed by atoms with Gasteiger partial charge in [-0.25, -0.2) is 8.42 Å². The van der Waals surface area contributed by atoms with Crippen molar-refractivity contribution < 1.29 is 13.2 Å². The van der Waals surface area contributed by atoms with E-state index in [2.05, 4.69) is 12.2 Å². The van der Waals surface area contributed by atoms with Crippen molar-refractivity contribution in [1.82, 2.24) is 9.62 Å². The normalized spacial score (nSPS) is 23.2. The average molecular weight is 419 g/mol. The van der Waals surface area contributed by atoms with Gasteiger partial charge in [-0.05, 0) is 60.6 Å². The summed E-state index contributed by atoms with van der Waals surface area (Å²) in [5, 5.41) is 4.76. The van der Waals surface area contributed by atoms with Gasteiger partial charge in [0.15, 0.2) is 0 Å². The van der Waals surface area contributed by atoms with Gasteiger partial charge in [0, 0.05) is 19.1 Å². The van der Waals surface area contributed by atoms with Gasteiger partial charge >= 0.3 is 0 Å². The van der Waals surface area contributed by atoms with Crippen LogP contribution in [0.5, 0.6) is 0 Å². The monoisotopic (exact) mass is 418 g/mol. The SMILES string of the molecule is CC1CCC(NC(=O)c2sccc2S(=O)(=O)N2CCc3ccccc3C2)CC1. The largest absolute Gasteiger partial charge is 0.349 e. The third-order valence-electron chi connectivity index (χ3n) is 5.90. The average Bonchev–Trinajstić information content (AvgIpc) is 3.20. The highest BCUT2D eigenvalue weighted by Gasteiger charge is 2.33. The van der Waals surface area contributed by atoms with E-state index in [4.69, 9.17) is 0 Å². The van der Waals surface area contributed by atoms with E-state index in [0.717, 1.165) is 31.2 Å². The fourth-order valence-corrected chi connectivity index (χ4v) is 6.86. The van der Waals surface area contributed by atoms with Crippen LogP contribution in [0.4, 0.5) is 0 Å². The Morgan fingerprint density at radius 2 is 1.82 bits per heavy atom. The molecule has 1 saturated carbocycles. The number of amides is 1. The third-order valence-corrected chi connectivity index (χ3v) is 8.83. The predicted molar refractivity (Wildman–Crippen MR) is 111 cm³/mol. The quantitative estimate of drug-likeness (QED) is 0.821. The number of fused-ring (bicyclic) bond motifs is 1. The Morgan fingerprint density at radius 1 is 1.11 bits per heavy atom. The Balaban J connectivity index is 1.52. The maximum absolute atomic E-state index is 13.3. The summed E-state index contributed by atoms with van der Waals surface area (Å²) in [5.41, 5.74) is 2.23. The lowest BCUT2D eigenvalue weighted by molar-refractivity contribution is 0.0924. The molecule has 0 spiro atoms. The molecule has 1 fully saturated rings. The molecule has 1 aliphatic carbocycles. The number of sulfonamides is 1. The number of hydrogen-bond acceptors (Lipinski definition) is 4. The van der Waals surface area contributed by atoms with Crippen molar-refractivity contribution in [3.8, 4) is 0 Å². The van der Waals surface area contributed by atoms with Gasteiger partial charge in [0.2, 0.25) is 10.0 Å². The van der Waals surface area contributed by atoms with Crippen LogP contribution in [0.3, 0.4) is 0 Å². The Morgan fingerprint density at radius 3 is 2.57 bits per heavy atom. The van der Waals surface area contributed by atoms with Crippen molar-refractivity contribution in [2.24, 2.45) is 5.92 Å². The molecule has 2 aromatic rings. The van der Waals surface area contributed by atoms with Crippen LogP contribution in [0, 0.1) is 5.92 Å². The van der Waals surface area contributed by atoms with E-state index >= 15 is 0 Å². The van der Waals surface area contributed by atoms with E-state index in [-0.39, 0.29) is 16.8 Å². The van der Waals surface area contributed by atoms with E-state index in [1.807, 2.05) is 24.3 Å². The lowest BCUT2D eigenvalue weighted by Gasteiger charge is -2.28. The third kappa shape index (κ3) is 3.88. The van der Waals surface area contributed by atoms with Crippen LogP contribution in [-0.4, -0.2) is 31.2 Å². The topological polar surface area (TPSA) is 66.5 Å². The second-order valence-electron chi connectivity index (χ2n) is 7.90. The first-order chi connectivity index (χ1) is 13.4. The lowest BCUT2D eigenvalue weighted by Crippen LogP contribution is -2.39. The van der Waals surface area contributed by atoms with E-state index in [9.17, 15) is 13.2 Å². The van der Waals surface area contributed by atoms with Gasteiger partial charge in [-0.1, -0.05) is 31.2 Å². The summed E-state index contributed by atoms with van der Waals surface area (Å²) < 4.78 is 28.0. The number of rotatable bonds is 4. The Labute approximate surface area is 170 Å². The van der Waals surface area contributed by atoms with Crippen molar-refractivity contribution in [3.05, 3.63) is 51.7 Å². The molecule has 1 aromatic carbocycles. The fraction of sp³-hybridized carbons (Fsp3) is 0.476. The number of hydrogen-bond donors (Lipinski definition) is 1. The molecule has 4 rings (SSSR count). The van der Waals surface area contributed by atoms with Gasteiger partial charge in [-0.15, -0.1) is 11.3 Å². The smallest absolute Gasteiger partial charge is 0.262 e. The molecule has 7 heteroatoms. The van der Waals surface area contributed by atoms with Gasteiger partial charge in [0.05, 0.1) is 0 Å². The molecule has 0 unspecified atom stereocenters. The summed E-state index contributed by atoms with van der Waals surface area (Å²) in [6, 6.07) is 9.65. The van der Waals surface area contributed by atoms with E-state index in [1.165, 1.54) is 21.2 Å². The lowest BCUT2D eigenvalue weighted by atomic mass is 9.87. The zero-order valence-corrected chi connectivity index (χ0v) is 17.7. The van der Waals surface area contributed by atoms with Crippen LogP contribution in [0.2, 0.25) is 0 Å². The van der Waals surface area contributed by atoms with Gasteiger partial charge < -0.3 is 5.32 Å². The van der Waals surface area contributed by atoms with Crippen LogP contribution in [0.1, 0.15) is 53.4 Å². The maximum Gasteiger partial charge on any atom is 0.262 e. The summed E-state index contributed by atoms with van der Waals surface area (Å²) in [7, 11) is -3.70. The molecule has 0 saturated heterocycles. The van der Waals surface area contributed by atoms with E-state index in [1.54, 1.807) is 11.4 Å². The van der Waals surface area contributed by atoms with Crippen LogP contribution in [-0.2, 0) is 23.0 Å². The number of carbonyl (C=O) groups excluding carboxylic acids is 1. The predicted octanol–water partition coefficient (Wildman–Crippen LogP) is 3.80. The number of benzene rings is 1. The first-order valence-corrected chi connectivity index (χ1v) is 12.2. The highest BCUT2D eigenvalue weighted by atomic mass is 32.2. The first kappa shape index (κ1) is 19.6. The molecule has 28 heavy (non-hydrogen) atoms. The maximum atomic E-state index is 13.3. The van der Waals surface area contributed by atoms with Crippen LogP contribution in [0.25, 0.3) is 0 Å². The van der Waals surface area contributed by atoms with E-state index in [0.29, 0.717) is 30.3 Å². The fourth-order valence-electron chi connectivity index (χ4n) is 4.14.